The summed E-state index contributed by atoms with van der Waals surface area (Å²) in [6.07, 6.45) is 2.93. The number of hydrogen-bond donors (Lipinski definition) is 1. The highest BCUT2D eigenvalue weighted by Gasteiger charge is 2.20. The molecular weight excluding hydrogens is 417 g/mol. The van der Waals surface area contributed by atoms with E-state index in [1.807, 2.05) is 0 Å². The number of Topliss-reactive ketones (excluding diaryl/α,β-unsaturated/α-hetero) is 1. The zero-order valence-corrected chi connectivity index (χ0v) is 16.5. The molecule has 0 aromatic carbocycles. The summed E-state index contributed by atoms with van der Waals surface area (Å²) in [5.41, 5.74) is 1.99. The summed E-state index contributed by atoms with van der Waals surface area (Å²) in [7, 11) is 1.53. The first-order chi connectivity index (χ1) is 12.8. The summed E-state index contributed by atoms with van der Waals surface area (Å²) in [5, 5.41) is 7.93. The second-order valence-electron chi connectivity index (χ2n) is 5.22. The number of pyridine rings is 2. The Bertz CT molecular complexity index is 984. The quantitative estimate of drug-likeness (QED) is 0.494. The van der Waals surface area contributed by atoms with Crippen molar-refractivity contribution in [1.82, 2.24) is 14.4 Å². The molecule has 0 unspecified atom stereocenters. The molecule has 0 saturated carbocycles. The number of fused-ring (bicyclic) bond motifs is 1. The highest BCUT2D eigenvalue weighted by molar-refractivity contribution is 6.36. The molecule has 142 valence electrons. The molecule has 0 amide bonds. The van der Waals surface area contributed by atoms with Crippen molar-refractivity contribution >= 4 is 52.7 Å². The summed E-state index contributed by atoms with van der Waals surface area (Å²) < 4.78 is 6.85. The lowest BCUT2D eigenvalue weighted by molar-refractivity contribution is -0.122. The van der Waals surface area contributed by atoms with E-state index in [2.05, 4.69) is 9.97 Å². The van der Waals surface area contributed by atoms with E-state index >= 15 is 0 Å². The number of carbonyl (C=O) groups excluding carboxylic acids is 1. The van der Waals surface area contributed by atoms with Gasteiger partial charge in [-0.1, -0.05) is 34.8 Å². The van der Waals surface area contributed by atoms with Crippen LogP contribution in [0.2, 0.25) is 15.2 Å². The monoisotopic (exact) mass is 429 g/mol. The molecule has 3 aromatic heterocycles. The van der Waals surface area contributed by atoms with Crippen LogP contribution in [0.3, 0.4) is 0 Å². The Balaban J connectivity index is 0.000000817. The Kier molecular flexibility index (Phi) is 7.01. The highest BCUT2D eigenvalue weighted by Crippen LogP contribution is 2.29. The number of carboxylic acid groups (broad SMARTS) is 1. The molecule has 1 N–H and O–H groups in total. The van der Waals surface area contributed by atoms with Crippen LogP contribution >= 0.6 is 34.8 Å². The molecule has 0 aliphatic rings. The molecule has 0 bridgehead atoms. The summed E-state index contributed by atoms with van der Waals surface area (Å²) in [5.74, 6) is 0.332. The number of ether oxygens (including phenoxy) is 1. The van der Waals surface area contributed by atoms with Crippen LogP contribution in [0.5, 0.6) is 5.75 Å². The molecule has 0 aliphatic carbocycles. The standard InChI is InChI=1S/C16H12Cl3N3O2.CH2O2/c1-8-15(19)22-12(3-4-14(24-2)16(22)21-8)13(23)5-9-10(17)6-20-7-11(9)18;2-1-3/h3-4,6-7H,5H2,1-2H3;1H,(H,2,3). The van der Waals surface area contributed by atoms with Crippen LogP contribution in [0.25, 0.3) is 5.65 Å². The highest BCUT2D eigenvalue weighted by atomic mass is 35.5. The Morgan fingerprint density at radius 3 is 2.41 bits per heavy atom. The van der Waals surface area contributed by atoms with Crippen molar-refractivity contribution in [3.05, 3.63) is 56.7 Å². The number of nitrogens with zero attached hydrogens (tertiary/aromatic N) is 3. The number of hydrogen-bond acceptors (Lipinski definition) is 5. The van der Waals surface area contributed by atoms with Gasteiger partial charge in [-0.25, -0.2) is 4.98 Å². The van der Waals surface area contributed by atoms with Crippen molar-refractivity contribution in [2.45, 2.75) is 13.3 Å². The molecule has 0 radical (unpaired) electrons. The average Bonchev–Trinajstić information content (AvgIpc) is 2.93. The first-order valence-electron chi connectivity index (χ1n) is 7.46. The van der Waals surface area contributed by atoms with Gasteiger partial charge in [0.1, 0.15) is 5.15 Å². The van der Waals surface area contributed by atoms with Crippen molar-refractivity contribution < 1.29 is 19.4 Å². The molecule has 0 saturated heterocycles. The molecule has 7 nitrogen and oxygen atoms in total. The second kappa shape index (κ2) is 9.03. The Morgan fingerprint density at radius 1 is 1.26 bits per heavy atom. The van der Waals surface area contributed by atoms with Crippen molar-refractivity contribution in [3.63, 3.8) is 0 Å². The van der Waals surface area contributed by atoms with E-state index in [0.717, 1.165) is 0 Å². The minimum Gasteiger partial charge on any atom is -0.493 e. The molecule has 0 aliphatic heterocycles. The summed E-state index contributed by atoms with van der Waals surface area (Å²) in [4.78, 5) is 29.4. The van der Waals surface area contributed by atoms with E-state index < -0.39 is 0 Å². The van der Waals surface area contributed by atoms with Gasteiger partial charge in [0, 0.05) is 24.4 Å². The van der Waals surface area contributed by atoms with E-state index in [1.54, 1.807) is 23.5 Å². The summed E-state index contributed by atoms with van der Waals surface area (Å²) >= 11 is 18.5. The van der Waals surface area contributed by atoms with Crippen LogP contribution < -0.4 is 4.74 Å². The Hall–Kier alpha value is -2.35. The lowest BCUT2D eigenvalue weighted by atomic mass is 10.1. The zero-order valence-electron chi connectivity index (χ0n) is 14.2. The van der Waals surface area contributed by atoms with Gasteiger partial charge in [-0.05, 0) is 19.1 Å². The third kappa shape index (κ3) is 4.32. The molecule has 0 atom stereocenters. The predicted molar refractivity (Wildman–Crippen MR) is 102 cm³/mol. The van der Waals surface area contributed by atoms with Gasteiger partial charge >= 0.3 is 0 Å². The molecule has 10 heteroatoms. The lowest BCUT2D eigenvalue weighted by Crippen LogP contribution is -2.11. The number of carbonyl (C=O) groups is 2. The minimum absolute atomic E-state index is 0.0230. The molecule has 3 heterocycles. The molecule has 0 fully saturated rings. The number of aryl methyl sites for hydroxylation is 1. The van der Waals surface area contributed by atoms with Crippen LogP contribution in [-0.4, -0.2) is 38.8 Å². The van der Waals surface area contributed by atoms with Gasteiger partial charge in [0.05, 0.1) is 28.5 Å². The zero-order chi connectivity index (χ0) is 20.1. The van der Waals surface area contributed by atoms with Crippen LogP contribution in [0.1, 0.15) is 21.7 Å². The van der Waals surface area contributed by atoms with E-state index in [9.17, 15) is 4.79 Å². The normalized spacial score (nSPS) is 10.3. The first kappa shape index (κ1) is 21.0. The number of aromatic nitrogens is 3. The fourth-order valence-electron chi connectivity index (χ4n) is 2.43. The molecule has 3 rings (SSSR count). The van der Waals surface area contributed by atoms with Gasteiger partial charge in [0.15, 0.2) is 17.2 Å². The minimum atomic E-state index is -0.250. The lowest BCUT2D eigenvalue weighted by Gasteiger charge is -2.10. The van der Waals surface area contributed by atoms with Gasteiger partial charge in [0.25, 0.3) is 6.47 Å². The average molecular weight is 431 g/mol. The Labute approximate surface area is 169 Å². The number of imidazole rings is 1. The van der Waals surface area contributed by atoms with E-state index in [0.29, 0.717) is 43.5 Å². The summed E-state index contributed by atoms with van der Waals surface area (Å²) in [6, 6.07) is 3.32. The second-order valence-corrected chi connectivity index (χ2v) is 6.39. The van der Waals surface area contributed by atoms with Crippen molar-refractivity contribution in [2.24, 2.45) is 0 Å². The van der Waals surface area contributed by atoms with Gasteiger partial charge in [-0.15, -0.1) is 0 Å². The van der Waals surface area contributed by atoms with Crippen LogP contribution in [-0.2, 0) is 11.2 Å². The molecule has 27 heavy (non-hydrogen) atoms. The van der Waals surface area contributed by atoms with E-state index in [4.69, 9.17) is 49.4 Å². The molecule has 0 spiro atoms. The predicted octanol–water partition coefficient (Wildman–Crippen LogP) is 4.13. The van der Waals surface area contributed by atoms with Crippen molar-refractivity contribution in [1.29, 1.82) is 0 Å². The number of rotatable bonds is 4. The van der Waals surface area contributed by atoms with Gasteiger partial charge in [-0.2, -0.15) is 0 Å². The number of ketones is 1. The molecular formula is C17H14Cl3N3O4. The largest absolute Gasteiger partial charge is 0.493 e. The van der Waals surface area contributed by atoms with Gasteiger partial charge < -0.3 is 9.84 Å². The maximum absolute atomic E-state index is 12.8. The SMILES string of the molecule is COc1ccc(C(=O)Cc2c(Cl)cncc2Cl)n2c(Cl)c(C)nc12.O=CO. The maximum Gasteiger partial charge on any atom is 0.290 e. The number of halogens is 3. The third-order valence-electron chi connectivity index (χ3n) is 3.63. The van der Waals surface area contributed by atoms with Crippen LogP contribution in [0, 0.1) is 6.92 Å². The fraction of sp³-hybridized carbons (Fsp3) is 0.176. The van der Waals surface area contributed by atoms with Crippen molar-refractivity contribution in [3.8, 4) is 5.75 Å². The van der Waals surface area contributed by atoms with Gasteiger partial charge in [0.2, 0.25) is 0 Å². The molecule has 3 aromatic rings. The first-order valence-corrected chi connectivity index (χ1v) is 8.59. The Morgan fingerprint density at radius 2 is 1.85 bits per heavy atom. The van der Waals surface area contributed by atoms with Crippen LogP contribution in [0.4, 0.5) is 0 Å². The van der Waals surface area contributed by atoms with Crippen molar-refractivity contribution in [2.75, 3.05) is 7.11 Å². The van der Waals surface area contributed by atoms with E-state index in [-0.39, 0.29) is 18.7 Å². The van der Waals surface area contributed by atoms with Gasteiger partial charge in [-0.3, -0.25) is 19.0 Å². The smallest absolute Gasteiger partial charge is 0.290 e. The van der Waals surface area contributed by atoms with E-state index in [1.165, 1.54) is 19.5 Å². The fourth-order valence-corrected chi connectivity index (χ4v) is 3.15. The third-order valence-corrected chi connectivity index (χ3v) is 4.72. The van der Waals surface area contributed by atoms with Crippen LogP contribution in [0.15, 0.2) is 24.5 Å². The maximum atomic E-state index is 12.8. The summed E-state index contributed by atoms with van der Waals surface area (Å²) in [6.45, 7) is 1.51. The topological polar surface area (TPSA) is 93.8 Å². The number of methoxy groups -OCH3 is 1.